The van der Waals surface area contributed by atoms with E-state index in [0.717, 1.165) is 6.42 Å². The van der Waals surface area contributed by atoms with Crippen LogP contribution in [0.4, 0.5) is 10.6 Å². The zero-order chi connectivity index (χ0) is 13.0. The molecule has 2 heterocycles. The zero-order valence-corrected chi connectivity index (χ0v) is 11.0. The monoisotopic (exact) mass is 269 g/mol. The van der Waals surface area contributed by atoms with Crippen molar-refractivity contribution < 1.29 is 9.53 Å². The normalized spacial score (nSPS) is 20.3. The molecule has 1 aliphatic rings. The molecule has 5 nitrogen and oxygen atoms in total. The standard InChI is InChI=1S/C12H16ClN3O2/c1-9-4-6-18-7-5-16(9)12(17)15-11-3-2-10(13)8-14-11/h2-3,8-9H,4-7H2,1H3,(H,14,15,17). The minimum absolute atomic E-state index is 0.150. The molecule has 1 atom stereocenters. The SMILES string of the molecule is CC1CCOCCN1C(=O)Nc1ccc(Cl)cn1. The number of halogens is 1. The average molecular weight is 270 g/mol. The van der Waals surface area contributed by atoms with Gasteiger partial charge in [0.25, 0.3) is 0 Å². The first kappa shape index (κ1) is 13.1. The molecule has 6 heteroatoms. The van der Waals surface area contributed by atoms with Gasteiger partial charge in [-0.2, -0.15) is 0 Å². The molecule has 1 unspecified atom stereocenters. The maximum absolute atomic E-state index is 12.1. The Labute approximate surface area is 111 Å². The lowest BCUT2D eigenvalue weighted by atomic mass is 10.2. The molecule has 1 fully saturated rings. The number of nitrogens with zero attached hydrogens (tertiary/aromatic N) is 2. The second-order valence-electron chi connectivity index (χ2n) is 4.24. The quantitative estimate of drug-likeness (QED) is 0.852. The van der Waals surface area contributed by atoms with Gasteiger partial charge in [-0.1, -0.05) is 11.6 Å². The predicted molar refractivity (Wildman–Crippen MR) is 69.9 cm³/mol. The van der Waals surface area contributed by atoms with Crippen LogP contribution >= 0.6 is 11.6 Å². The third kappa shape index (κ3) is 3.34. The van der Waals surface area contributed by atoms with E-state index in [1.165, 1.54) is 6.20 Å². The Hall–Kier alpha value is -1.33. The van der Waals surface area contributed by atoms with Gasteiger partial charge in [0.1, 0.15) is 5.82 Å². The van der Waals surface area contributed by atoms with Crippen LogP contribution in [0, 0.1) is 0 Å². The Balaban J connectivity index is 1.99. The van der Waals surface area contributed by atoms with Crippen LogP contribution in [0.15, 0.2) is 18.3 Å². The average Bonchev–Trinajstić information content (AvgIpc) is 2.57. The highest BCUT2D eigenvalue weighted by Gasteiger charge is 2.22. The highest BCUT2D eigenvalue weighted by atomic mass is 35.5. The number of ether oxygens (including phenoxy) is 1. The number of pyridine rings is 1. The second kappa shape index (κ2) is 6.02. The van der Waals surface area contributed by atoms with Crippen molar-refractivity contribution in [2.45, 2.75) is 19.4 Å². The first-order chi connectivity index (χ1) is 8.66. The number of hydrogen-bond donors (Lipinski definition) is 1. The van der Waals surface area contributed by atoms with Gasteiger partial charge >= 0.3 is 6.03 Å². The molecule has 1 aromatic heterocycles. The van der Waals surface area contributed by atoms with E-state index >= 15 is 0 Å². The molecule has 98 valence electrons. The van der Waals surface area contributed by atoms with Crippen LogP contribution in [0.1, 0.15) is 13.3 Å². The Morgan fingerprint density at radius 3 is 3.11 bits per heavy atom. The van der Waals surface area contributed by atoms with E-state index in [1.54, 1.807) is 17.0 Å². The Morgan fingerprint density at radius 1 is 1.56 bits per heavy atom. The summed E-state index contributed by atoms with van der Waals surface area (Å²) in [5, 5.41) is 3.30. The van der Waals surface area contributed by atoms with Gasteiger partial charge in [0, 0.05) is 25.4 Å². The smallest absolute Gasteiger partial charge is 0.323 e. The first-order valence-corrected chi connectivity index (χ1v) is 6.31. The summed E-state index contributed by atoms with van der Waals surface area (Å²) in [7, 11) is 0. The lowest BCUT2D eigenvalue weighted by Crippen LogP contribution is -2.42. The summed E-state index contributed by atoms with van der Waals surface area (Å²) in [6.07, 6.45) is 2.35. The molecular weight excluding hydrogens is 254 g/mol. The van der Waals surface area contributed by atoms with E-state index in [2.05, 4.69) is 10.3 Å². The van der Waals surface area contributed by atoms with Gasteiger partial charge in [-0.05, 0) is 25.5 Å². The topological polar surface area (TPSA) is 54.5 Å². The number of hydrogen-bond acceptors (Lipinski definition) is 3. The van der Waals surface area contributed by atoms with Crippen molar-refractivity contribution in [3.63, 3.8) is 0 Å². The molecule has 0 aromatic carbocycles. The summed E-state index contributed by atoms with van der Waals surface area (Å²) >= 11 is 5.74. The lowest BCUT2D eigenvalue weighted by molar-refractivity contribution is 0.143. The minimum Gasteiger partial charge on any atom is -0.380 e. The predicted octanol–water partition coefficient (Wildman–Crippen LogP) is 2.38. The molecule has 1 aliphatic heterocycles. The van der Waals surface area contributed by atoms with Gasteiger partial charge in [-0.25, -0.2) is 9.78 Å². The van der Waals surface area contributed by atoms with Crippen LogP contribution < -0.4 is 5.32 Å². The van der Waals surface area contributed by atoms with E-state index in [1.807, 2.05) is 6.92 Å². The van der Waals surface area contributed by atoms with Gasteiger partial charge in [-0.3, -0.25) is 5.32 Å². The third-order valence-electron chi connectivity index (χ3n) is 2.91. The van der Waals surface area contributed by atoms with Gasteiger partial charge < -0.3 is 9.64 Å². The molecule has 1 N–H and O–H groups in total. The summed E-state index contributed by atoms with van der Waals surface area (Å²) in [5.74, 6) is 0.502. The van der Waals surface area contributed by atoms with Crippen LogP contribution in [0.2, 0.25) is 5.02 Å². The lowest BCUT2D eigenvalue weighted by Gasteiger charge is -2.26. The van der Waals surface area contributed by atoms with Gasteiger partial charge in [-0.15, -0.1) is 0 Å². The van der Waals surface area contributed by atoms with Gasteiger partial charge in [0.15, 0.2) is 0 Å². The zero-order valence-electron chi connectivity index (χ0n) is 10.2. The number of aromatic nitrogens is 1. The minimum atomic E-state index is -0.150. The first-order valence-electron chi connectivity index (χ1n) is 5.94. The van der Waals surface area contributed by atoms with Crippen LogP contribution in [0.3, 0.4) is 0 Å². The van der Waals surface area contributed by atoms with Crippen molar-refractivity contribution in [2.75, 3.05) is 25.1 Å². The molecule has 2 amide bonds. The Bertz CT molecular complexity index is 410. The summed E-state index contributed by atoms with van der Waals surface area (Å²) in [6.45, 7) is 3.89. The van der Waals surface area contributed by atoms with E-state index in [-0.39, 0.29) is 12.1 Å². The number of nitrogens with one attached hydrogen (secondary N) is 1. The highest BCUT2D eigenvalue weighted by Crippen LogP contribution is 2.13. The van der Waals surface area contributed by atoms with Crippen molar-refractivity contribution in [3.05, 3.63) is 23.4 Å². The van der Waals surface area contributed by atoms with Crippen LogP contribution in [0.5, 0.6) is 0 Å². The summed E-state index contributed by atoms with van der Waals surface area (Å²) < 4.78 is 5.36. The fourth-order valence-corrected chi connectivity index (χ4v) is 1.94. The van der Waals surface area contributed by atoms with E-state index in [4.69, 9.17) is 16.3 Å². The highest BCUT2D eigenvalue weighted by molar-refractivity contribution is 6.30. The third-order valence-corrected chi connectivity index (χ3v) is 3.14. The number of rotatable bonds is 1. The van der Waals surface area contributed by atoms with Crippen LogP contribution in [-0.4, -0.2) is 41.7 Å². The fourth-order valence-electron chi connectivity index (χ4n) is 1.83. The van der Waals surface area contributed by atoms with E-state index < -0.39 is 0 Å². The fraction of sp³-hybridized carbons (Fsp3) is 0.500. The molecule has 1 saturated heterocycles. The molecule has 1 aromatic rings. The number of carbonyl (C=O) groups is 1. The van der Waals surface area contributed by atoms with Crippen molar-refractivity contribution in [1.29, 1.82) is 0 Å². The maximum Gasteiger partial charge on any atom is 0.323 e. The number of urea groups is 1. The molecule has 0 radical (unpaired) electrons. The van der Waals surface area contributed by atoms with Crippen molar-refractivity contribution in [3.8, 4) is 0 Å². The largest absolute Gasteiger partial charge is 0.380 e. The summed E-state index contributed by atoms with van der Waals surface area (Å²) in [5.41, 5.74) is 0. The maximum atomic E-state index is 12.1. The van der Waals surface area contributed by atoms with Crippen molar-refractivity contribution >= 4 is 23.4 Å². The van der Waals surface area contributed by atoms with E-state index in [9.17, 15) is 4.79 Å². The molecule has 0 aliphatic carbocycles. The van der Waals surface area contributed by atoms with E-state index in [0.29, 0.717) is 30.6 Å². The van der Waals surface area contributed by atoms with Gasteiger partial charge in [0.05, 0.1) is 11.6 Å². The number of anilines is 1. The molecule has 2 rings (SSSR count). The van der Waals surface area contributed by atoms with Crippen LogP contribution in [0.25, 0.3) is 0 Å². The summed E-state index contributed by atoms with van der Waals surface area (Å²) in [4.78, 5) is 17.9. The van der Waals surface area contributed by atoms with Crippen molar-refractivity contribution in [2.24, 2.45) is 0 Å². The summed E-state index contributed by atoms with van der Waals surface area (Å²) in [6, 6.07) is 3.39. The Morgan fingerprint density at radius 2 is 2.39 bits per heavy atom. The Kier molecular flexibility index (Phi) is 4.38. The number of amides is 2. The molecule has 0 spiro atoms. The molecular formula is C12H16ClN3O2. The van der Waals surface area contributed by atoms with Crippen molar-refractivity contribution in [1.82, 2.24) is 9.88 Å². The molecule has 18 heavy (non-hydrogen) atoms. The number of carbonyl (C=O) groups excluding carboxylic acids is 1. The molecule has 0 bridgehead atoms. The van der Waals surface area contributed by atoms with Crippen LogP contribution in [-0.2, 0) is 4.74 Å². The molecule has 0 saturated carbocycles. The van der Waals surface area contributed by atoms with Gasteiger partial charge in [0.2, 0.25) is 0 Å². The second-order valence-corrected chi connectivity index (χ2v) is 4.67.